The fourth-order valence-corrected chi connectivity index (χ4v) is 6.21. The molecule has 4 heteroatoms. The molecule has 0 spiro atoms. The van der Waals surface area contributed by atoms with Gasteiger partial charge in [0.25, 0.3) is 0 Å². The maximum absolute atomic E-state index is 6.27. The normalized spacial score (nSPS) is 13.4. The van der Waals surface area contributed by atoms with Crippen molar-refractivity contribution in [3.63, 3.8) is 0 Å². The topological polar surface area (TPSA) is 51.8 Å². The van der Waals surface area contributed by atoms with E-state index in [9.17, 15) is 0 Å². The van der Waals surface area contributed by atoms with Crippen LogP contribution in [-0.2, 0) is 5.41 Å². The fourth-order valence-electron chi connectivity index (χ4n) is 6.21. The van der Waals surface area contributed by atoms with Crippen LogP contribution < -0.4 is 0 Å². The summed E-state index contributed by atoms with van der Waals surface area (Å²) in [7, 11) is 0. The van der Waals surface area contributed by atoms with Crippen LogP contribution in [0.1, 0.15) is 25.0 Å². The SMILES string of the molecule is CC1(C)c2cc3c(cc2-c2cccc(-c4nc(-c5ccccc5)nc(-c5ccccc5)n4)c21)oc1ccccc13. The number of para-hydroxylation sites is 1. The predicted octanol–water partition coefficient (Wildman–Crippen LogP) is 9.08. The Kier molecular flexibility index (Phi) is 4.83. The number of furan rings is 1. The second kappa shape index (κ2) is 8.45. The standard InChI is InChI=1S/C36H25N3O/c1-36(2)29-20-28-24-16-9-10-19-30(24)40-31(28)21-27(29)25-17-11-18-26(32(25)36)35-38-33(22-12-5-3-6-13-22)37-34(39-35)23-14-7-4-8-15-23/h3-21H,1-2H3. The van der Waals surface area contributed by atoms with Gasteiger partial charge in [0.05, 0.1) is 0 Å². The van der Waals surface area contributed by atoms with Gasteiger partial charge in [0, 0.05) is 32.9 Å². The third kappa shape index (κ3) is 3.36. The van der Waals surface area contributed by atoms with Crippen LogP contribution in [0, 0.1) is 0 Å². The lowest BCUT2D eigenvalue weighted by Crippen LogP contribution is -2.17. The molecule has 2 heterocycles. The number of hydrogen-bond donors (Lipinski definition) is 0. The maximum atomic E-state index is 6.27. The number of aromatic nitrogens is 3. The summed E-state index contributed by atoms with van der Waals surface area (Å²) in [6, 6.07) is 39.5. The molecule has 0 saturated heterocycles. The Morgan fingerprint density at radius 3 is 1.80 bits per heavy atom. The van der Waals surface area contributed by atoms with Crippen LogP contribution in [0.4, 0.5) is 0 Å². The Balaban J connectivity index is 1.37. The first kappa shape index (κ1) is 22.9. The third-order valence-corrected chi connectivity index (χ3v) is 8.11. The van der Waals surface area contributed by atoms with Crippen LogP contribution >= 0.6 is 0 Å². The summed E-state index contributed by atoms with van der Waals surface area (Å²) < 4.78 is 6.27. The molecule has 40 heavy (non-hydrogen) atoms. The van der Waals surface area contributed by atoms with Crippen molar-refractivity contribution in [2.75, 3.05) is 0 Å². The van der Waals surface area contributed by atoms with Gasteiger partial charge in [-0.05, 0) is 40.5 Å². The molecule has 4 nitrogen and oxygen atoms in total. The highest BCUT2D eigenvalue weighted by atomic mass is 16.3. The molecule has 0 saturated carbocycles. The van der Waals surface area contributed by atoms with Crippen LogP contribution in [0.5, 0.6) is 0 Å². The quantitative estimate of drug-likeness (QED) is 0.235. The summed E-state index contributed by atoms with van der Waals surface area (Å²) in [6.45, 7) is 4.60. The number of nitrogens with zero attached hydrogens (tertiary/aromatic N) is 3. The molecule has 0 N–H and O–H groups in total. The van der Waals surface area contributed by atoms with Crippen molar-refractivity contribution in [2.45, 2.75) is 19.3 Å². The minimum Gasteiger partial charge on any atom is -0.456 e. The Morgan fingerprint density at radius 1 is 0.500 bits per heavy atom. The zero-order valence-electron chi connectivity index (χ0n) is 22.2. The monoisotopic (exact) mass is 515 g/mol. The van der Waals surface area contributed by atoms with Gasteiger partial charge in [-0.1, -0.05) is 111 Å². The zero-order chi connectivity index (χ0) is 26.8. The van der Waals surface area contributed by atoms with Crippen molar-refractivity contribution in [2.24, 2.45) is 0 Å². The van der Waals surface area contributed by atoms with Gasteiger partial charge in [0.2, 0.25) is 0 Å². The Morgan fingerprint density at radius 2 is 1.10 bits per heavy atom. The zero-order valence-corrected chi connectivity index (χ0v) is 22.2. The molecule has 0 atom stereocenters. The highest BCUT2D eigenvalue weighted by Gasteiger charge is 2.39. The van der Waals surface area contributed by atoms with E-state index >= 15 is 0 Å². The van der Waals surface area contributed by atoms with Crippen LogP contribution in [0.3, 0.4) is 0 Å². The number of rotatable bonds is 3. The second-order valence-corrected chi connectivity index (χ2v) is 10.9. The minimum atomic E-state index is -0.264. The first-order valence-corrected chi connectivity index (χ1v) is 13.5. The summed E-state index contributed by atoms with van der Waals surface area (Å²) in [4.78, 5) is 15.0. The summed E-state index contributed by atoms with van der Waals surface area (Å²) >= 11 is 0. The molecule has 5 aromatic carbocycles. The molecule has 7 aromatic rings. The van der Waals surface area contributed by atoms with Crippen molar-refractivity contribution >= 4 is 21.9 Å². The molecule has 1 aliphatic carbocycles. The first-order chi connectivity index (χ1) is 19.6. The summed E-state index contributed by atoms with van der Waals surface area (Å²) in [6.07, 6.45) is 0. The predicted molar refractivity (Wildman–Crippen MR) is 161 cm³/mol. The third-order valence-electron chi connectivity index (χ3n) is 8.11. The number of fused-ring (bicyclic) bond motifs is 6. The van der Waals surface area contributed by atoms with E-state index in [1.807, 2.05) is 72.8 Å². The van der Waals surface area contributed by atoms with E-state index < -0.39 is 0 Å². The lowest BCUT2D eigenvalue weighted by molar-refractivity contribution is 0.658. The van der Waals surface area contributed by atoms with Gasteiger partial charge in [0.1, 0.15) is 11.2 Å². The lowest BCUT2D eigenvalue weighted by atomic mass is 9.79. The van der Waals surface area contributed by atoms with E-state index in [4.69, 9.17) is 19.4 Å². The van der Waals surface area contributed by atoms with Gasteiger partial charge in [-0.25, -0.2) is 15.0 Å². The van der Waals surface area contributed by atoms with Crippen molar-refractivity contribution < 1.29 is 4.42 Å². The highest BCUT2D eigenvalue weighted by Crippen LogP contribution is 2.53. The van der Waals surface area contributed by atoms with Crippen LogP contribution in [0.2, 0.25) is 0 Å². The molecule has 0 fully saturated rings. The Labute approximate surface area is 232 Å². The van der Waals surface area contributed by atoms with Crippen molar-refractivity contribution in [1.82, 2.24) is 15.0 Å². The van der Waals surface area contributed by atoms with E-state index in [0.29, 0.717) is 17.5 Å². The van der Waals surface area contributed by atoms with E-state index in [1.54, 1.807) is 0 Å². The van der Waals surface area contributed by atoms with Gasteiger partial charge >= 0.3 is 0 Å². The smallest absolute Gasteiger partial charge is 0.164 e. The maximum Gasteiger partial charge on any atom is 0.164 e. The van der Waals surface area contributed by atoms with E-state index in [2.05, 4.69) is 56.3 Å². The largest absolute Gasteiger partial charge is 0.456 e. The molecule has 0 amide bonds. The Bertz CT molecular complexity index is 2020. The second-order valence-electron chi connectivity index (χ2n) is 10.9. The number of hydrogen-bond acceptors (Lipinski definition) is 4. The van der Waals surface area contributed by atoms with Crippen molar-refractivity contribution in [1.29, 1.82) is 0 Å². The minimum absolute atomic E-state index is 0.264. The summed E-state index contributed by atoms with van der Waals surface area (Å²) in [5.74, 6) is 2.01. The lowest BCUT2D eigenvalue weighted by Gasteiger charge is -2.24. The number of benzene rings is 5. The molecular weight excluding hydrogens is 490 g/mol. The van der Waals surface area contributed by atoms with Crippen LogP contribution in [0.15, 0.2) is 120 Å². The summed E-state index contributed by atoms with van der Waals surface area (Å²) in [5.41, 5.74) is 9.43. The van der Waals surface area contributed by atoms with Crippen molar-refractivity contribution in [3.8, 4) is 45.3 Å². The Hall–Kier alpha value is -5.09. The first-order valence-electron chi connectivity index (χ1n) is 13.5. The molecule has 8 rings (SSSR count). The molecule has 2 aromatic heterocycles. The molecule has 190 valence electrons. The van der Waals surface area contributed by atoms with Gasteiger partial charge in [-0.2, -0.15) is 0 Å². The van der Waals surface area contributed by atoms with Crippen LogP contribution in [0.25, 0.3) is 67.2 Å². The van der Waals surface area contributed by atoms with Gasteiger partial charge < -0.3 is 4.42 Å². The highest BCUT2D eigenvalue weighted by molar-refractivity contribution is 6.07. The van der Waals surface area contributed by atoms with Crippen LogP contribution in [-0.4, -0.2) is 15.0 Å². The molecule has 0 bridgehead atoms. The molecule has 0 radical (unpaired) electrons. The van der Waals surface area contributed by atoms with Gasteiger partial charge in [0.15, 0.2) is 17.5 Å². The fraction of sp³-hybridized carbons (Fsp3) is 0.0833. The summed E-state index contributed by atoms with van der Waals surface area (Å²) in [5, 5.41) is 2.29. The molecule has 0 unspecified atom stereocenters. The molecule has 0 aliphatic heterocycles. The molecule has 1 aliphatic rings. The van der Waals surface area contributed by atoms with E-state index in [0.717, 1.165) is 38.6 Å². The van der Waals surface area contributed by atoms with Crippen molar-refractivity contribution in [3.05, 3.63) is 126 Å². The molecular formula is C36H25N3O. The average molecular weight is 516 g/mol. The average Bonchev–Trinajstić information content (AvgIpc) is 3.48. The van der Waals surface area contributed by atoms with Gasteiger partial charge in [-0.3, -0.25) is 0 Å². The van der Waals surface area contributed by atoms with E-state index in [1.165, 1.54) is 22.3 Å². The van der Waals surface area contributed by atoms with E-state index in [-0.39, 0.29) is 5.41 Å². The van der Waals surface area contributed by atoms with Gasteiger partial charge in [-0.15, -0.1) is 0 Å².